The molecule has 6 nitrogen and oxygen atoms in total. The van der Waals surface area contributed by atoms with Crippen LogP contribution in [0, 0.1) is 0 Å². The predicted octanol–water partition coefficient (Wildman–Crippen LogP) is 5.19. The van der Waals surface area contributed by atoms with Crippen molar-refractivity contribution in [2.75, 3.05) is 12.4 Å². The van der Waals surface area contributed by atoms with Gasteiger partial charge >= 0.3 is 5.97 Å². The van der Waals surface area contributed by atoms with Crippen molar-refractivity contribution in [2.45, 2.75) is 13.2 Å². The Morgan fingerprint density at radius 2 is 1.58 bits per heavy atom. The molecule has 4 rings (SSSR count). The van der Waals surface area contributed by atoms with Gasteiger partial charge in [-0.3, -0.25) is 4.79 Å². The Kier molecular flexibility index (Phi) is 6.10. The van der Waals surface area contributed by atoms with Gasteiger partial charge in [0, 0.05) is 29.3 Å². The van der Waals surface area contributed by atoms with E-state index in [0.29, 0.717) is 16.7 Å². The number of esters is 1. The first-order valence-electron chi connectivity index (χ1n) is 9.77. The van der Waals surface area contributed by atoms with Crippen LogP contribution in [0.15, 0.2) is 83.3 Å². The number of fused-ring (bicyclic) bond motifs is 1. The SMILES string of the molecule is COCc1c(C(=O)OCc2ccc(C(=O)Nc3ccccc3)cc2)oc2ccccc12. The molecule has 0 aliphatic carbocycles. The lowest BCUT2D eigenvalue weighted by molar-refractivity contribution is 0.0432. The van der Waals surface area contributed by atoms with E-state index in [0.717, 1.165) is 16.6 Å². The molecule has 0 aliphatic heterocycles. The smallest absolute Gasteiger partial charge is 0.374 e. The number of anilines is 1. The van der Waals surface area contributed by atoms with Crippen LogP contribution in [0.3, 0.4) is 0 Å². The number of hydrogen-bond acceptors (Lipinski definition) is 5. The van der Waals surface area contributed by atoms with E-state index in [9.17, 15) is 9.59 Å². The fraction of sp³-hybridized carbons (Fsp3) is 0.120. The summed E-state index contributed by atoms with van der Waals surface area (Å²) in [5.74, 6) is -0.628. The van der Waals surface area contributed by atoms with E-state index in [4.69, 9.17) is 13.9 Å². The highest BCUT2D eigenvalue weighted by Crippen LogP contribution is 2.27. The van der Waals surface area contributed by atoms with Gasteiger partial charge < -0.3 is 19.2 Å². The quantitative estimate of drug-likeness (QED) is 0.421. The largest absolute Gasteiger partial charge is 0.455 e. The number of rotatable bonds is 7. The van der Waals surface area contributed by atoms with Crippen molar-refractivity contribution < 1.29 is 23.5 Å². The van der Waals surface area contributed by atoms with Gasteiger partial charge in [-0.1, -0.05) is 48.5 Å². The second kappa shape index (κ2) is 9.28. The molecular weight excluding hydrogens is 394 g/mol. The van der Waals surface area contributed by atoms with Gasteiger partial charge in [0.1, 0.15) is 12.2 Å². The van der Waals surface area contributed by atoms with Crippen LogP contribution in [0.4, 0.5) is 5.69 Å². The highest BCUT2D eigenvalue weighted by Gasteiger charge is 2.21. The number of benzene rings is 3. The second-order valence-corrected chi connectivity index (χ2v) is 6.93. The average molecular weight is 415 g/mol. The minimum atomic E-state index is -0.561. The molecule has 6 heteroatoms. The Morgan fingerprint density at radius 1 is 0.871 bits per heavy atom. The highest BCUT2D eigenvalue weighted by molar-refractivity contribution is 6.04. The molecule has 0 fully saturated rings. The third-order valence-corrected chi connectivity index (χ3v) is 4.79. The molecule has 0 unspecified atom stereocenters. The summed E-state index contributed by atoms with van der Waals surface area (Å²) in [7, 11) is 1.56. The first-order valence-corrected chi connectivity index (χ1v) is 9.77. The molecule has 1 aromatic heterocycles. The van der Waals surface area contributed by atoms with Crippen LogP contribution in [0.1, 0.15) is 32.0 Å². The number of nitrogens with one attached hydrogen (secondary N) is 1. The summed E-state index contributed by atoms with van der Waals surface area (Å²) in [5, 5.41) is 3.66. The van der Waals surface area contributed by atoms with E-state index in [1.165, 1.54) is 0 Å². The Labute approximate surface area is 179 Å². The van der Waals surface area contributed by atoms with Crippen LogP contribution in [0.25, 0.3) is 11.0 Å². The second-order valence-electron chi connectivity index (χ2n) is 6.93. The lowest BCUT2D eigenvalue weighted by Gasteiger charge is -2.07. The molecule has 31 heavy (non-hydrogen) atoms. The topological polar surface area (TPSA) is 77.8 Å². The van der Waals surface area contributed by atoms with Crippen molar-refractivity contribution in [1.82, 2.24) is 0 Å². The maximum atomic E-state index is 12.6. The number of hydrogen-bond donors (Lipinski definition) is 1. The minimum absolute atomic E-state index is 0.0584. The molecule has 0 spiro atoms. The first kappa shape index (κ1) is 20.4. The Hall–Kier alpha value is -3.90. The first-order chi connectivity index (χ1) is 15.2. The molecule has 156 valence electrons. The number of amides is 1. The molecule has 0 radical (unpaired) electrons. The number of carbonyl (C=O) groups excluding carboxylic acids is 2. The lowest BCUT2D eigenvalue weighted by atomic mass is 10.1. The van der Waals surface area contributed by atoms with Crippen LogP contribution in [-0.4, -0.2) is 19.0 Å². The summed E-state index contributed by atoms with van der Waals surface area (Å²) in [4.78, 5) is 25.0. The van der Waals surface area contributed by atoms with Crippen molar-refractivity contribution in [1.29, 1.82) is 0 Å². The average Bonchev–Trinajstić information content (AvgIpc) is 3.17. The van der Waals surface area contributed by atoms with Crippen molar-refractivity contribution in [2.24, 2.45) is 0 Å². The Bertz CT molecular complexity index is 1200. The maximum Gasteiger partial charge on any atom is 0.374 e. The van der Waals surface area contributed by atoms with Gasteiger partial charge in [-0.05, 0) is 35.9 Å². The Balaban J connectivity index is 1.41. The highest BCUT2D eigenvalue weighted by atomic mass is 16.5. The van der Waals surface area contributed by atoms with Crippen molar-refractivity contribution in [3.63, 3.8) is 0 Å². The van der Waals surface area contributed by atoms with Gasteiger partial charge in [-0.15, -0.1) is 0 Å². The molecule has 0 aliphatic rings. The van der Waals surface area contributed by atoms with Gasteiger partial charge in [-0.2, -0.15) is 0 Å². The molecule has 0 bridgehead atoms. The predicted molar refractivity (Wildman–Crippen MR) is 117 cm³/mol. The molecule has 0 atom stereocenters. The summed E-state index contributed by atoms with van der Waals surface area (Å²) in [5.41, 5.74) is 3.27. The monoisotopic (exact) mass is 415 g/mol. The minimum Gasteiger partial charge on any atom is -0.455 e. The number of furan rings is 1. The van der Waals surface area contributed by atoms with E-state index in [1.807, 2.05) is 48.5 Å². The van der Waals surface area contributed by atoms with E-state index in [1.54, 1.807) is 37.4 Å². The van der Waals surface area contributed by atoms with Gasteiger partial charge in [0.2, 0.25) is 5.76 Å². The lowest BCUT2D eigenvalue weighted by Crippen LogP contribution is -2.12. The van der Waals surface area contributed by atoms with Gasteiger partial charge in [-0.25, -0.2) is 4.79 Å². The third-order valence-electron chi connectivity index (χ3n) is 4.79. The van der Waals surface area contributed by atoms with Gasteiger partial charge in [0.05, 0.1) is 6.61 Å². The Morgan fingerprint density at radius 3 is 2.32 bits per heavy atom. The number of methoxy groups -OCH3 is 1. The normalized spacial score (nSPS) is 10.7. The van der Waals surface area contributed by atoms with Crippen molar-refractivity contribution in [3.8, 4) is 0 Å². The molecule has 0 saturated heterocycles. The zero-order valence-electron chi connectivity index (χ0n) is 17.0. The zero-order chi connectivity index (χ0) is 21.6. The van der Waals surface area contributed by atoms with Crippen molar-refractivity contribution in [3.05, 3.63) is 101 Å². The molecule has 4 aromatic rings. The standard InChI is InChI=1S/C25H21NO5/c1-29-16-21-20-9-5-6-10-22(20)31-23(21)25(28)30-15-17-11-13-18(14-12-17)24(27)26-19-7-3-2-4-8-19/h2-14H,15-16H2,1H3,(H,26,27). The molecule has 1 amide bonds. The molecule has 3 aromatic carbocycles. The van der Waals surface area contributed by atoms with E-state index in [-0.39, 0.29) is 24.9 Å². The summed E-state index contributed by atoms with van der Waals surface area (Å²) < 4.78 is 16.4. The number of para-hydroxylation sites is 2. The fourth-order valence-corrected chi connectivity index (χ4v) is 3.24. The van der Waals surface area contributed by atoms with Crippen LogP contribution in [0.5, 0.6) is 0 Å². The summed E-state index contributed by atoms with van der Waals surface area (Å²) >= 11 is 0. The van der Waals surface area contributed by atoms with Crippen LogP contribution >= 0.6 is 0 Å². The van der Waals surface area contributed by atoms with Crippen LogP contribution in [0.2, 0.25) is 0 Å². The van der Waals surface area contributed by atoms with Gasteiger partial charge in [0.15, 0.2) is 0 Å². The molecule has 1 heterocycles. The van der Waals surface area contributed by atoms with E-state index < -0.39 is 5.97 Å². The van der Waals surface area contributed by atoms with Gasteiger partial charge in [0.25, 0.3) is 5.91 Å². The zero-order valence-corrected chi connectivity index (χ0v) is 17.0. The molecular formula is C25H21NO5. The number of ether oxygens (including phenoxy) is 2. The van der Waals surface area contributed by atoms with E-state index >= 15 is 0 Å². The van der Waals surface area contributed by atoms with E-state index in [2.05, 4.69) is 5.32 Å². The third kappa shape index (κ3) is 4.65. The maximum absolute atomic E-state index is 12.6. The van der Waals surface area contributed by atoms with Crippen LogP contribution in [-0.2, 0) is 22.7 Å². The fourth-order valence-electron chi connectivity index (χ4n) is 3.24. The summed E-state index contributed by atoms with van der Waals surface area (Å²) in [6.07, 6.45) is 0. The molecule has 1 N–H and O–H groups in total. The summed E-state index contributed by atoms with van der Waals surface area (Å²) in [6.45, 7) is 0.301. The number of carbonyl (C=O) groups is 2. The van der Waals surface area contributed by atoms with Crippen molar-refractivity contribution >= 4 is 28.5 Å². The van der Waals surface area contributed by atoms with Crippen LogP contribution < -0.4 is 5.32 Å². The summed E-state index contributed by atoms with van der Waals surface area (Å²) in [6, 6.07) is 23.5. The molecule has 0 saturated carbocycles.